The van der Waals surface area contributed by atoms with Gasteiger partial charge in [-0.3, -0.25) is 11.3 Å². The van der Waals surface area contributed by atoms with Gasteiger partial charge in [0, 0.05) is 6.04 Å². The molecule has 0 radical (unpaired) electrons. The molecule has 0 saturated heterocycles. The molecule has 0 heterocycles. The third-order valence-corrected chi connectivity index (χ3v) is 2.56. The van der Waals surface area contributed by atoms with Crippen molar-refractivity contribution in [2.45, 2.75) is 46.3 Å². The summed E-state index contributed by atoms with van der Waals surface area (Å²) in [5.41, 5.74) is 4.07. The molecule has 1 atom stereocenters. The lowest BCUT2D eigenvalue weighted by molar-refractivity contribution is 0.242. The van der Waals surface area contributed by atoms with Crippen molar-refractivity contribution in [2.24, 2.45) is 11.8 Å². The molecule has 1 unspecified atom stereocenters. The molecule has 0 aliphatic rings. The molecular weight excluding hydrogens is 212 g/mol. The monoisotopic (exact) mass is 236 g/mol. The molecule has 0 aromatic heterocycles. The summed E-state index contributed by atoms with van der Waals surface area (Å²) < 4.78 is 5.61. The quantitative estimate of drug-likeness (QED) is 0.589. The molecule has 96 valence electrons. The maximum atomic E-state index is 5.61. The van der Waals surface area contributed by atoms with Crippen LogP contribution in [0.1, 0.15) is 45.7 Å². The molecule has 3 heteroatoms. The summed E-state index contributed by atoms with van der Waals surface area (Å²) in [5, 5.41) is 0. The molecule has 3 N–H and O–H groups in total. The van der Waals surface area contributed by atoms with E-state index in [-0.39, 0.29) is 12.1 Å². The van der Waals surface area contributed by atoms with Crippen LogP contribution in [0.25, 0.3) is 0 Å². The molecule has 0 fully saturated rings. The molecule has 0 aliphatic carbocycles. The van der Waals surface area contributed by atoms with Gasteiger partial charge in [0.25, 0.3) is 0 Å². The Morgan fingerprint density at radius 3 is 2.12 bits per heavy atom. The van der Waals surface area contributed by atoms with E-state index in [1.807, 2.05) is 26.0 Å². The van der Waals surface area contributed by atoms with E-state index in [2.05, 4.69) is 31.4 Å². The van der Waals surface area contributed by atoms with Crippen molar-refractivity contribution in [3.63, 3.8) is 0 Å². The summed E-state index contributed by atoms with van der Waals surface area (Å²) >= 11 is 0. The van der Waals surface area contributed by atoms with Gasteiger partial charge in [0.1, 0.15) is 5.75 Å². The minimum atomic E-state index is 0.208. The maximum absolute atomic E-state index is 5.61. The van der Waals surface area contributed by atoms with Crippen molar-refractivity contribution < 1.29 is 4.74 Å². The third-order valence-electron chi connectivity index (χ3n) is 2.56. The van der Waals surface area contributed by atoms with E-state index in [0.717, 1.165) is 12.2 Å². The van der Waals surface area contributed by atoms with Gasteiger partial charge in [-0.25, -0.2) is 0 Å². The smallest absolute Gasteiger partial charge is 0.119 e. The molecule has 0 amide bonds. The molecule has 17 heavy (non-hydrogen) atoms. The number of benzene rings is 1. The predicted octanol–water partition coefficient (Wildman–Crippen LogP) is 3.02. The minimum Gasteiger partial charge on any atom is -0.491 e. The Balaban J connectivity index is 2.70. The number of hydrogen-bond donors (Lipinski definition) is 2. The lowest BCUT2D eigenvalue weighted by Crippen LogP contribution is -2.29. The lowest BCUT2D eigenvalue weighted by atomic mass is 9.97. The first-order chi connectivity index (χ1) is 8.02. The van der Waals surface area contributed by atoms with Crippen LogP contribution in [0.15, 0.2) is 24.3 Å². The van der Waals surface area contributed by atoms with Crippen LogP contribution in [-0.2, 0) is 0 Å². The molecule has 0 bridgehead atoms. The molecule has 0 aliphatic heterocycles. The number of nitrogens with one attached hydrogen (secondary N) is 1. The average molecular weight is 236 g/mol. The highest BCUT2D eigenvalue weighted by molar-refractivity contribution is 5.29. The Bertz CT molecular complexity index is 319. The third kappa shape index (κ3) is 4.75. The fraction of sp³-hybridized carbons (Fsp3) is 0.571. The zero-order valence-electron chi connectivity index (χ0n) is 11.2. The van der Waals surface area contributed by atoms with Gasteiger partial charge < -0.3 is 4.74 Å². The first-order valence-electron chi connectivity index (χ1n) is 6.25. The van der Waals surface area contributed by atoms with Crippen molar-refractivity contribution in [1.82, 2.24) is 5.43 Å². The SMILES string of the molecule is CC(C)CC(NN)c1ccc(OC(C)C)cc1. The van der Waals surface area contributed by atoms with Crippen LogP contribution in [0.3, 0.4) is 0 Å². The highest BCUT2D eigenvalue weighted by Crippen LogP contribution is 2.23. The van der Waals surface area contributed by atoms with Gasteiger partial charge in [0.05, 0.1) is 6.10 Å². The van der Waals surface area contributed by atoms with Gasteiger partial charge >= 0.3 is 0 Å². The second-order valence-electron chi connectivity index (χ2n) is 5.08. The van der Waals surface area contributed by atoms with Crippen molar-refractivity contribution >= 4 is 0 Å². The molecule has 3 nitrogen and oxygen atoms in total. The predicted molar refractivity (Wildman–Crippen MR) is 71.7 cm³/mol. The molecule has 1 rings (SSSR count). The van der Waals surface area contributed by atoms with Crippen molar-refractivity contribution in [3.05, 3.63) is 29.8 Å². The number of rotatable bonds is 6. The van der Waals surface area contributed by atoms with Gasteiger partial charge in [-0.05, 0) is 43.9 Å². The Morgan fingerprint density at radius 1 is 1.12 bits per heavy atom. The Morgan fingerprint density at radius 2 is 1.71 bits per heavy atom. The van der Waals surface area contributed by atoms with E-state index in [0.29, 0.717) is 5.92 Å². The summed E-state index contributed by atoms with van der Waals surface area (Å²) in [4.78, 5) is 0. The second-order valence-corrected chi connectivity index (χ2v) is 5.08. The van der Waals surface area contributed by atoms with Gasteiger partial charge in [-0.1, -0.05) is 26.0 Å². The summed E-state index contributed by atoms with van der Waals surface area (Å²) in [7, 11) is 0. The Kier molecular flexibility index (Phi) is 5.45. The van der Waals surface area contributed by atoms with Crippen LogP contribution < -0.4 is 16.0 Å². The minimum absolute atomic E-state index is 0.208. The Hall–Kier alpha value is -1.06. The van der Waals surface area contributed by atoms with Crippen LogP contribution in [0.4, 0.5) is 0 Å². The molecular formula is C14H24N2O. The van der Waals surface area contributed by atoms with E-state index in [1.165, 1.54) is 5.56 Å². The van der Waals surface area contributed by atoms with Crippen molar-refractivity contribution in [2.75, 3.05) is 0 Å². The van der Waals surface area contributed by atoms with Crippen molar-refractivity contribution in [3.8, 4) is 5.75 Å². The fourth-order valence-electron chi connectivity index (χ4n) is 1.82. The summed E-state index contributed by atoms with van der Waals surface area (Å²) in [6.45, 7) is 8.44. The summed E-state index contributed by atoms with van der Waals surface area (Å²) in [5.74, 6) is 7.11. The number of nitrogens with two attached hydrogens (primary N) is 1. The van der Waals surface area contributed by atoms with E-state index in [9.17, 15) is 0 Å². The van der Waals surface area contributed by atoms with Gasteiger partial charge in [0.15, 0.2) is 0 Å². The maximum Gasteiger partial charge on any atom is 0.119 e. The summed E-state index contributed by atoms with van der Waals surface area (Å²) in [6, 6.07) is 8.36. The first-order valence-corrected chi connectivity index (χ1v) is 6.25. The Labute approximate surface area is 104 Å². The van der Waals surface area contributed by atoms with Crippen molar-refractivity contribution in [1.29, 1.82) is 0 Å². The molecule has 1 aromatic carbocycles. The number of ether oxygens (including phenoxy) is 1. The van der Waals surface area contributed by atoms with E-state index in [4.69, 9.17) is 10.6 Å². The zero-order chi connectivity index (χ0) is 12.8. The normalized spacial score (nSPS) is 13.1. The van der Waals surface area contributed by atoms with Crippen LogP contribution >= 0.6 is 0 Å². The second kappa shape index (κ2) is 6.62. The van der Waals surface area contributed by atoms with Crippen LogP contribution in [0.2, 0.25) is 0 Å². The van der Waals surface area contributed by atoms with Gasteiger partial charge in [-0.15, -0.1) is 0 Å². The first kappa shape index (κ1) is 14.0. The lowest BCUT2D eigenvalue weighted by Gasteiger charge is -2.19. The topological polar surface area (TPSA) is 47.3 Å². The highest BCUT2D eigenvalue weighted by Gasteiger charge is 2.11. The number of hydrazine groups is 1. The highest BCUT2D eigenvalue weighted by atomic mass is 16.5. The van der Waals surface area contributed by atoms with E-state index >= 15 is 0 Å². The van der Waals surface area contributed by atoms with Gasteiger partial charge in [0.2, 0.25) is 0 Å². The van der Waals surface area contributed by atoms with Crippen LogP contribution in [0, 0.1) is 5.92 Å². The number of hydrogen-bond acceptors (Lipinski definition) is 3. The van der Waals surface area contributed by atoms with Gasteiger partial charge in [-0.2, -0.15) is 0 Å². The van der Waals surface area contributed by atoms with E-state index in [1.54, 1.807) is 0 Å². The average Bonchev–Trinajstić information content (AvgIpc) is 2.26. The summed E-state index contributed by atoms with van der Waals surface area (Å²) in [6.07, 6.45) is 1.24. The molecule has 0 saturated carbocycles. The fourth-order valence-corrected chi connectivity index (χ4v) is 1.82. The molecule has 1 aromatic rings. The van der Waals surface area contributed by atoms with Crippen LogP contribution in [-0.4, -0.2) is 6.10 Å². The largest absolute Gasteiger partial charge is 0.491 e. The van der Waals surface area contributed by atoms with Crippen LogP contribution in [0.5, 0.6) is 5.75 Å². The molecule has 0 spiro atoms. The standard InChI is InChI=1S/C14H24N2O/c1-10(2)9-14(16-15)12-5-7-13(8-6-12)17-11(3)4/h5-8,10-11,14,16H,9,15H2,1-4H3. The zero-order valence-corrected chi connectivity index (χ0v) is 11.2. The van der Waals surface area contributed by atoms with E-state index < -0.39 is 0 Å².